The van der Waals surface area contributed by atoms with Crippen molar-refractivity contribution in [1.82, 2.24) is 10.6 Å². The minimum absolute atomic E-state index is 0. The van der Waals surface area contributed by atoms with Crippen LogP contribution in [-0.2, 0) is 9.59 Å². The SMILES string of the molecule is C=CC(C)C1(CCC)C(=O)NC(=S)NC1=O.[Na]. The van der Waals surface area contributed by atoms with Crippen LogP contribution in [0.25, 0.3) is 0 Å². The van der Waals surface area contributed by atoms with E-state index in [0.29, 0.717) is 6.42 Å². The van der Waals surface area contributed by atoms with E-state index in [2.05, 4.69) is 17.2 Å². The maximum atomic E-state index is 12.0. The van der Waals surface area contributed by atoms with Crippen LogP contribution >= 0.6 is 12.2 Å². The molecule has 0 aromatic carbocycles. The fourth-order valence-corrected chi connectivity index (χ4v) is 2.21. The van der Waals surface area contributed by atoms with E-state index in [0.717, 1.165) is 6.42 Å². The van der Waals surface area contributed by atoms with Crippen molar-refractivity contribution >= 4 is 58.7 Å². The molecule has 1 fully saturated rings. The van der Waals surface area contributed by atoms with Gasteiger partial charge in [0.15, 0.2) is 5.11 Å². The number of hydrogen-bond donors (Lipinski definition) is 2. The van der Waals surface area contributed by atoms with Gasteiger partial charge in [-0.25, -0.2) is 0 Å². The van der Waals surface area contributed by atoms with Crippen LogP contribution in [0.1, 0.15) is 26.7 Å². The zero-order valence-corrected chi connectivity index (χ0v) is 13.3. The van der Waals surface area contributed by atoms with Gasteiger partial charge in [0, 0.05) is 29.6 Å². The summed E-state index contributed by atoms with van der Waals surface area (Å²) in [6.45, 7) is 7.41. The number of thiocarbonyl (C=S) groups is 1. The molecule has 1 aliphatic heterocycles. The van der Waals surface area contributed by atoms with E-state index in [1.54, 1.807) is 6.08 Å². The average molecular weight is 263 g/mol. The first-order chi connectivity index (χ1) is 7.48. The molecule has 89 valence electrons. The van der Waals surface area contributed by atoms with E-state index in [1.165, 1.54) is 0 Å². The molecule has 1 saturated heterocycles. The van der Waals surface area contributed by atoms with Crippen LogP contribution in [0.15, 0.2) is 12.7 Å². The first-order valence-corrected chi connectivity index (χ1v) is 5.69. The van der Waals surface area contributed by atoms with E-state index < -0.39 is 5.41 Å². The Labute approximate surface area is 129 Å². The van der Waals surface area contributed by atoms with Gasteiger partial charge in [-0.3, -0.25) is 9.59 Å². The third kappa shape index (κ3) is 2.96. The number of carbonyl (C=O) groups is 2. The van der Waals surface area contributed by atoms with Crippen molar-refractivity contribution in [1.29, 1.82) is 0 Å². The van der Waals surface area contributed by atoms with E-state index in [9.17, 15) is 9.59 Å². The molecule has 1 radical (unpaired) electrons. The number of nitrogens with one attached hydrogen (secondary N) is 2. The molecule has 1 atom stereocenters. The van der Waals surface area contributed by atoms with Crippen LogP contribution in [0.4, 0.5) is 0 Å². The molecule has 1 rings (SSSR count). The summed E-state index contributed by atoms with van der Waals surface area (Å²) in [6, 6.07) is 0. The smallest absolute Gasteiger partial charge is 0.242 e. The van der Waals surface area contributed by atoms with Gasteiger partial charge in [-0.15, -0.1) is 6.58 Å². The molecule has 1 aliphatic rings. The van der Waals surface area contributed by atoms with E-state index >= 15 is 0 Å². The zero-order valence-electron chi connectivity index (χ0n) is 10.5. The van der Waals surface area contributed by atoms with Crippen LogP contribution in [0.5, 0.6) is 0 Å². The normalized spacial score (nSPS) is 19.8. The van der Waals surface area contributed by atoms with Gasteiger partial charge in [-0.05, 0) is 24.6 Å². The largest absolute Gasteiger partial charge is 0.302 e. The van der Waals surface area contributed by atoms with Crippen LogP contribution in [-0.4, -0.2) is 46.5 Å². The number of rotatable bonds is 4. The van der Waals surface area contributed by atoms with Crippen molar-refractivity contribution in [3.63, 3.8) is 0 Å². The van der Waals surface area contributed by atoms with Crippen LogP contribution in [0, 0.1) is 11.3 Å². The molecule has 0 bridgehead atoms. The van der Waals surface area contributed by atoms with Gasteiger partial charge in [-0.1, -0.05) is 26.3 Å². The van der Waals surface area contributed by atoms with Gasteiger partial charge in [-0.2, -0.15) is 0 Å². The Balaban J connectivity index is 0.00000256. The summed E-state index contributed by atoms with van der Waals surface area (Å²) in [5, 5.41) is 5.11. The van der Waals surface area contributed by atoms with Crippen molar-refractivity contribution in [2.24, 2.45) is 11.3 Å². The number of amides is 2. The summed E-state index contributed by atoms with van der Waals surface area (Å²) in [4.78, 5) is 24.0. The predicted molar refractivity (Wildman–Crippen MR) is 71.3 cm³/mol. The molecule has 0 spiro atoms. The van der Waals surface area contributed by atoms with Gasteiger partial charge >= 0.3 is 0 Å². The van der Waals surface area contributed by atoms with E-state index in [1.807, 2.05) is 13.8 Å². The summed E-state index contributed by atoms with van der Waals surface area (Å²) < 4.78 is 0. The Kier molecular flexibility index (Phi) is 6.55. The summed E-state index contributed by atoms with van der Waals surface area (Å²) in [5.41, 5.74) is -1.07. The second kappa shape index (κ2) is 6.64. The predicted octanol–water partition coefficient (Wildman–Crippen LogP) is 0.745. The van der Waals surface area contributed by atoms with Crippen molar-refractivity contribution in [3.8, 4) is 0 Å². The molecule has 4 nitrogen and oxygen atoms in total. The summed E-state index contributed by atoms with van der Waals surface area (Å²) in [7, 11) is 0. The molecule has 0 saturated carbocycles. The zero-order chi connectivity index (χ0) is 12.3. The number of allylic oxidation sites excluding steroid dienone is 1. The average Bonchev–Trinajstić information content (AvgIpc) is 2.22. The minimum Gasteiger partial charge on any atom is -0.302 e. The fourth-order valence-electron chi connectivity index (χ4n) is 2.03. The van der Waals surface area contributed by atoms with Crippen LogP contribution < -0.4 is 10.6 Å². The van der Waals surface area contributed by atoms with Gasteiger partial charge in [0.1, 0.15) is 5.41 Å². The topological polar surface area (TPSA) is 58.2 Å². The van der Waals surface area contributed by atoms with E-state index in [4.69, 9.17) is 12.2 Å². The quantitative estimate of drug-likeness (QED) is 0.340. The Morgan fingerprint density at radius 2 is 1.88 bits per heavy atom. The second-order valence-electron chi connectivity index (χ2n) is 3.98. The van der Waals surface area contributed by atoms with Crippen molar-refractivity contribution in [3.05, 3.63) is 12.7 Å². The van der Waals surface area contributed by atoms with Gasteiger partial charge in [0.2, 0.25) is 11.8 Å². The van der Waals surface area contributed by atoms with Gasteiger partial charge < -0.3 is 10.6 Å². The summed E-state index contributed by atoms with van der Waals surface area (Å²) in [6.07, 6.45) is 2.86. The Bertz CT molecular complexity index is 337. The molecule has 2 N–H and O–H groups in total. The van der Waals surface area contributed by atoms with Gasteiger partial charge in [0.25, 0.3) is 0 Å². The Morgan fingerprint density at radius 3 is 2.24 bits per heavy atom. The maximum Gasteiger partial charge on any atom is 0.242 e. The van der Waals surface area contributed by atoms with E-state index in [-0.39, 0.29) is 52.4 Å². The minimum atomic E-state index is -1.07. The Morgan fingerprint density at radius 1 is 1.41 bits per heavy atom. The van der Waals surface area contributed by atoms with Crippen LogP contribution in [0.3, 0.4) is 0 Å². The fraction of sp³-hybridized carbons (Fsp3) is 0.545. The second-order valence-corrected chi connectivity index (χ2v) is 4.39. The summed E-state index contributed by atoms with van der Waals surface area (Å²) >= 11 is 4.78. The first kappa shape index (κ1) is 16.8. The van der Waals surface area contributed by atoms with Crippen molar-refractivity contribution in [2.45, 2.75) is 26.7 Å². The van der Waals surface area contributed by atoms with Crippen molar-refractivity contribution < 1.29 is 9.59 Å². The number of carbonyl (C=O) groups excluding carboxylic acids is 2. The molecule has 0 aromatic heterocycles. The standard InChI is InChI=1S/C11H16N2O2S.Na/c1-4-6-11(7(3)5-2)8(14)12-10(16)13-9(11)15;/h5,7H,2,4,6H2,1,3H3,(H2,12,13,14,15,16);. The Hall–Kier alpha value is -0.230. The molecule has 0 aliphatic carbocycles. The first-order valence-electron chi connectivity index (χ1n) is 5.28. The monoisotopic (exact) mass is 263 g/mol. The molecule has 1 heterocycles. The molecule has 17 heavy (non-hydrogen) atoms. The molecule has 6 heteroatoms. The van der Waals surface area contributed by atoms with Crippen molar-refractivity contribution in [2.75, 3.05) is 0 Å². The molecule has 2 amide bonds. The molecular weight excluding hydrogens is 247 g/mol. The maximum absolute atomic E-state index is 12.0. The number of hydrogen-bond acceptors (Lipinski definition) is 3. The third-order valence-corrected chi connectivity index (χ3v) is 3.24. The molecule has 0 aromatic rings. The van der Waals surface area contributed by atoms with Crippen LogP contribution in [0.2, 0.25) is 0 Å². The summed E-state index contributed by atoms with van der Waals surface area (Å²) in [5.74, 6) is -0.874. The third-order valence-electron chi connectivity index (χ3n) is 3.04. The van der Waals surface area contributed by atoms with Gasteiger partial charge in [0.05, 0.1) is 0 Å². The molecule has 1 unspecified atom stereocenters. The molecular formula is C11H16N2NaO2S.